The predicted octanol–water partition coefficient (Wildman–Crippen LogP) is 4.19. The topological polar surface area (TPSA) is 24.9 Å². The van der Waals surface area contributed by atoms with E-state index in [0.29, 0.717) is 12.1 Å². The SMILES string of the molecule is Fc1ccc(CNc2ccc3ncsc3c2)c(F)c1. The molecular weight excluding hydrogens is 266 g/mol. The molecule has 3 aromatic rings. The van der Waals surface area contributed by atoms with E-state index >= 15 is 0 Å². The zero-order valence-corrected chi connectivity index (χ0v) is 10.7. The highest BCUT2D eigenvalue weighted by Gasteiger charge is 2.04. The second kappa shape index (κ2) is 4.93. The number of thiazole rings is 1. The lowest BCUT2D eigenvalue weighted by molar-refractivity contribution is 0.574. The summed E-state index contributed by atoms with van der Waals surface area (Å²) in [6, 6.07) is 9.37. The van der Waals surface area contributed by atoms with Gasteiger partial charge in [-0.05, 0) is 24.3 Å². The fraction of sp³-hybridized carbons (Fsp3) is 0.0714. The molecule has 0 aliphatic heterocycles. The first-order valence-corrected chi connectivity index (χ1v) is 6.61. The van der Waals surface area contributed by atoms with Gasteiger partial charge < -0.3 is 5.32 Å². The number of halogens is 2. The van der Waals surface area contributed by atoms with E-state index in [-0.39, 0.29) is 0 Å². The lowest BCUT2D eigenvalue weighted by Gasteiger charge is -2.07. The summed E-state index contributed by atoms with van der Waals surface area (Å²) in [6.07, 6.45) is 0. The van der Waals surface area contributed by atoms with Crippen LogP contribution in [0.1, 0.15) is 5.56 Å². The summed E-state index contributed by atoms with van der Waals surface area (Å²) in [5.74, 6) is -1.10. The van der Waals surface area contributed by atoms with Gasteiger partial charge in [-0.25, -0.2) is 13.8 Å². The third-order valence-electron chi connectivity index (χ3n) is 2.83. The summed E-state index contributed by atoms with van der Waals surface area (Å²) in [5.41, 5.74) is 4.06. The molecule has 0 saturated heterocycles. The van der Waals surface area contributed by atoms with Crippen molar-refractivity contribution in [2.24, 2.45) is 0 Å². The average molecular weight is 276 g/mol. The molecule has 2 nitrogen and oxygen atoms in total. The smallest absolute Gasteiger partial charge is 0.131 e. The van der Waals surface area contributed by atoms with Crippen molar-refractivity contribution in [2.45, 2.75) is 6.54 Å². The van der Waals surface area contributed by atoms with Crippen LogP contribution in [0.2, 0.25) is 0 Å². The number of nitrogens with one attached hydrogen (secondary N) is 1. The monoisotopic (exact) mass is 276 g/mol. The lowest BCUT2D eigenvalue weighted by Crippen LogP contribution is -2.01. The van der Waals surface area contributed by atoms with E-state index in [4.69, 9.17) is 0 Å². The standard InChI is InChI=1S/C14H10F2N2S/c15-10-2-1-9(12(16)5-10)7-17-11-3-4-13-14(6-11)19-8-18-13/h1-6,8,17H,7H2. The van der Waals surface area contributed by atoms with Crippen LogP contribution in [-0.4, -0.2) is 4.98 Å². The molecule has 0 atom stereocenters. The highest BCUT2D eigenvalue weighted by atomic mass is 32.1. The van der Waals surface area contributed by atoms with E-state index in [1.165, 1.54) is 12.1 Å². The van der Waals surface area contributed by atoms with Gasteiger partial charge in [0.1, 0.15) is 11.6 Å². The molecule has 0 fully saturated rings. The number of hydrogen-bond donors (Lipinski definition) is 1. The maximum Gasteiger partial charge on any atom is 0.131 e. The van der Waals surface area contributed by atoms with Crippen LogP contribution in [0, 0.1) is 11.6 Å². The minimum atomic E-state index is -0.563. The van der Waals surface area contributed by atoms with Crippen molar-refractivity contribution in [3.05, 3.63) is 59.1 Å². The van der Waals surface area contributed by atoms with E-state index in [1.807, 2.05) is 18.2 Å². The van der Waals surface area contributed by atoms with Crippen LogP contribution in [0.4, 0.5) is 14.5 Å². The Kier molecular flexibility index (Phi) is 3.13. The molecule has 0 aliphatic rings. The second-order valence-corrected chi connectivity index (χ2v) is 5.01. The number of rotatable bonds is 3. The number of hydrogen-bond acceptors (Lipinski definition) is 3. The largest absolute Gasteiger partial charge is 0.381 e. The van der Waals surface area contributed by atoms with Crippen molar-refractivity contribution < 1.29 is 8.78 Å². The summed E-state index contributed by atoms with van der Waals surface area (Å²) in [6.45, 7) is 0.316. The second-order valence-electron chi connectivity index (χ2n) is 4.12. The molecular formula is C14H10F2N2S. The van der Waals surface area contributed by atoms with Crippen molar-refractivity contribution >= 4 is 27.2 Å². The Morgan fingerprint density at radius 3 is 2.84 bits per heavy atom. The maximum absolute atomic E-state index is 13.5. The van der Waals surface area contributed by atoms with Crippen LogP contribution in [0.5, 0.6) is 0 Å². The quantitative estimate of drug-likeness (QED) is 0.776. The molecule has 0 spiro atoms. The van der Waals surface area contributed by atoms with Gasteiger partial charge in [-0.3, -0.25) is 0 Å². The van der Waals surface area contributed by atoms with Gasteiger partial charge in [0.2, 0.25) is 0 Å². The van der Waals surface area contributed by atoms with Crippen LogP contribution in [0.25, 0.3) is 10.2 Å². The van der Waals surface area contributed by atoms with E-state index in [0.717, 1.165) is 22.0 Å². The fourth-order valence-corrected chi connectivity index (χ4v) is 2.54. The molecule has 2 aromatic carbocycles. The van der Waals surface area contributed by atoms with Gasteiger partial charge in [-0.15, -0.1) is 11.3 Å². The number of fused-ring (bicyclic) bond motifs is 1. The minimum Gasteiger partial charge on any atom is -0.381 e. The van der Waals surface area contributed by atoms with Crippen molar-refractivity contribution in [3.63, 3.8) is 0 Å². The molecule has 0 saturated carbocycles. The van der Waals surface area contributed by atoms with Crippen molar-refractivity contribution in [1.29, 1.82) is 0 Å². The Hall–Kier alpha value is -2.01. The van der Waals surface area contributed by atoms with Crippen molar-refractivity contribution in [2.75, 3.05) is 5.32 Å². The van der Waals surface area contributed by atoms with Crippen LogP contribution in [-0.2, 0) is 6.54 Å². The highest BCUT2D eigenvalue weighted by molar-refractivity contribution is 7.16. The maximum atomic E-state index is 13.5. The van der Waals surface area contributed by atoms with Gasteiger partial charge >= 0.3 is 0 Å². The first-order valence-electron chi connectivity index (χ1n) is 5.73. The Morgan fingerprint density at radius 2 is 2.00 bits per heavy atom. The van der Waals surface area contributed by atoms with Gasteiger partial charge in [0.25, 0.3) is 0 Å². The molecule has 96 valence electrons. The normalized spacial score (nSPS) is 10.8. The van der Waals surface area contributed by atoms with Crippen LogP contribution >= 0.6 is 11.3 Å². The zero-order chi connectivity index (χ0) is 13.2. The molecule has 0 bridgehead atoms. The van der Waals surface area contributed by atoms with Crippen LogP contribution < -0.4 is 5.32 Å². The number of aromatic nitrogens is 1. The molecule has 1 aromatic heterocycles. The Bertz CT molecular complexity index is 724. The molecule has 1 heterocycles. The van der Waals surface area contributed by atoms with Gasteiger partial charge in [-0.1, -0.05) is 6.07 Å². The molecule has 5 heteroatoms. The third kappa shape index (κ3) is 2.56. The Labute approximate surface area is 112 Å². The summed E-state index contributed by atoms with van der Waals surface area (Å²) in [4.78, 5) is 4.19. The average Bonchev–Trinajstić information content (AvgIpc) is 2.85. The highest BCUT2D eigenvalue weighted by Crippen LogP contribution is 2.22. The molecule has 0 unspecified atom stereocenters. The molecule has 0 aliphatic carbocycles. The lowest BCUT2D eigenvalue weighted by atomic mass is 10.2. The van der Waals surface area contributed by atoms with E-state index in [2.05, 4.69) is 10.3 Å². The predicted molar refractivity (Wildman–Crippen MR) is 73.3 cm³/mol. The summed E-state index contributed by atoms with van der Waals surface area (Å²) in [5, 5.41) is 3.12. The zero-order valence-electron chi connectivity index (χ0n) is 9.86. The van der Waals surface area contributed by atoms with Gasteiger partial charge in [0.05, 0.1) is 15.7 Å². The van der Waals surface area contributed by atoms with E-state index in [1.54, 1.807) is 16.8 Å². The molecule has 3 rings (SSSR count). The first-order chi connectivity index (χ1) is 9.22. The molecule has 1 N–H and O–H groups in total. The van der Waals surface area contributed by atoms with E-state index < -0.39 is 11.6 Å². The van der Waals surface area contributed by atoms with Crippen LogP contribution in [0.3, 0.4) is 0 Å². The summed E-state index contributed by atoms with van der Waals surface area (Å²) in [7, 11) is 0. The first kappa shape index (κ1) is 12.0. The fourth-order valence-electron chi connectivity index (χ4n) is 1.83. The van der Waals surface area contributed by atoms with Crippen molar-refractivity contribution in [1.82, 2.24) is 4.98 Å². The van der Waals surface area contributed by atoms with E-state index in [9.17, 15) is 8.78 Å². The van der Waals surface area contributed by atoms with Gasteiger partial charge in [0.15, 0.2) is 0 Å². The molecule has 0 amide bonds. The summed E-state index contributed by atoms with van der Waals surface area (Å²) < 4.78 is 27.3. The Morgan fingerprint density at radius 1 is 1.11 bits per heavy atom. The molecule has 19 heavy (non-hydrogen) atoms. The summed E-state index contributed by atoms with van der Waals surface area (Å²) >= 11 is 1.55. The number of benzene rings is 2. The Balaban J connectivity index is 1.77. The van der Waals surface area contributed by atoms with Gasteiger partial charge in [0, 0.05) is 23.9 Å². The number of anilines is 1. The number of nitrogens with zero attached hydrogens (tertiary/aromatic N) is 1. The van der Waals surface area contributed by atoms with Crippen molar-refractivity contribution in [3.8, 4) is 0 Å². The van der Waals surface area contributed by atoms with Gasteiger partial charge in [-0.2, -0.15) is 0 Å². The third-order valence-corrected chi connectivity index (χ3v) is 3.62. The minimum absolute atomic E-state index is 0.316. The van der Waals surface area contributed by atoms with Crippen LogP contribution in [0.15, 0.2) is 41.9 Å². The molecule has 0 radical (unpaired) electrons.